The van der Waals surface area contributed by atoms with Crippen molar-refractivity contribution in [1.29, 1.82) is 0 Å². The number of rotatable bonds is 3. The molecule has 0 fully saturated rings. The van der Waals surface area contributed by atoms with Gasteiger partial charge in [-0.2, -0.15) is 0 Å². The minimum Gasteiger partial charge on any atom is -0.353 e. The number of aryl methyl sites for hydroxylation is 2. The molecular weight excluding hydrogens is 256 g/mol. The molecule has 2 rings (SSSR count). The number of nitrogens with zero attached hydrogens (tertiary/aromatic N) is 4. The van der Waals surface area contributed by atoms with Crippen molar-refractivity contribution in [2.24, 2.45) is 0 Å². The van der Waals surface area contributed by atoms with Gasteiger partial charge in [0.15, 0.2) is 0 Å². The van der Waals surface area contributed by atoms with Crippen molar-refractivity contribution >= 4 is 28.8 Å². The van der Waals surface area contributed by atoms with E-state index >= 15 is 0 Å². The molecule has 0 saturated carbocycles. The average molecular weight is 269 g/mol. The Hall–Kier alpha value is -1.20. The van der Waals surface area contributed by atoms with Gasteiger partial charge < -0.3 is 4.90 Å². The second kappa shape index (κ2) is 4.98. The Bertz CT molecular complexity index is 526. The molecule has 2 heterocycles. The second-order valence-electron chi connectivity index (χ2n) is 3.86. The first-order valence-corrected chi connectivity index (χ1v) is 6.43. The lowest BCUT2D eigenvalue weighted by atomic mass is 10.3. The summed E-state index contributed by atoms with van der Waals surface area (Å²) in [6, 6.07) is 0. The Morgan fingerprint density at radius 1 is 1.35 bits per heavy atom. The predicted octanol–water partition coefficient (Wildman–Crippen LogP) is 2.84. The van der Waals surface area contributed by atoms with E-state index < -0.39 is 0 Å². The Kier molecular flexibility index (Phi) is 3.59. The van der Waals surface area contributed by atoms with Crippen LogP contribution in [0.3, 0.4) is 0 Å². The molecule has 0 unspecified atom stereocenters. The number of anilines is 1. The lowest BCUT2D eigenvalue weighted by molar-refractivity contribution is 0.858. The molecule has 2 aromatic heterocycles. The zero-order valence-electron chi connectivity index (χ0n) is 9.94. The third-order valence-electron chi connectivity index (χ3n) is 2.34. The Balaban J connectivity index is 2.19. The van der Waals surface area contributed by atoms with Crippen LogP contribution in [0, 0.1) is 13.8 Å². The van der Waals surface area contributed by atoms with Gasteiger partial charge in [-0.15, -0.1) is 11.3 Å². The van der Waals surface area contributed by atoms with Crippen molar-refractivity contribution < 1.29 is 0 Å². The summed E-state index contributed by atoms with van der Waals surface area (Å²) in [5, 5.41) is 3.40. The van der Waals surface area contributed by atoms with E-state index in [1.807, 2.05) is 25.8 Å². The minimum absolute atomic E-state index is 0.270. The van der Waals surface area contributed by atoms with Gasteiger partial charge in [-0.1, -0.05) is 0 Å². The van der Waals surface area contributed by atoms with E-state index in [0.717, 1.165) is 28.6 Å². The van der Waals surface area contributed by atoms with Gasteiger partial charge in [-0.05, 0) is 25.4 Å². The molecule has 0 aliphatic heterocycles. The molecule has 0 saturated heterocycles. The molecule has 0 radical (unpaired) electrons. The van der Waals surface area contributed by atoms with Gasteiger partial charge in [-0.3, -0.25) is 0 Å². The summed E-state index contributed by atoms with van der Waals surface area (Å²) in [6.45, 7) is 4.69. The van der Waals surface area contributed by atoms with Gasteiger partial charge in [0.25, 0.3) is 0 Å². The Morgan fingerprint density at radius 2 is 2.12 bits per heavy atom. The fourth-order valence-electron chi connectivity index (χ4n) is 1.60. The van der Waals surface area contributed by atoms with Crippen molar-refractivity contribution in [3.05, 3.63) is 33.1 Å². The first-order valence-electron chi connectivity index (χ1n) is 5.17. The molecular formula is C11H13ClN4S. The fraction of sp³-hybridized carbons (Fsp3) is 0.364. The van der Waals surface area contributed by atoms with Crippen LogP contribution in [0.5, 0.6) is 0 Å². The maximum atomic E-state index is 5.81. The quantitative estimate of drug-likeness (QED) is 0.803. The number of aromatic nitrogens is 3. The van der Waals surface area contributed by atoms with E-state index in [2.05, 4.69) is 20.3 Å². The van der Waals surface area contributed by atoms with Crippen molar-refractivity contribution in [1.82, 2.24) is 15.0 Å². The third kappa shape index (κ3) is 2.92. The van der Waals surface area contributed by atoms with E-state index in [-0.39, 0.29) is 5.28 Å². The van der Waals surface area contributed by atoms with Gasteiger partial charge in [0.2, 0.25) is 5.28 Å². The van der Waals surface area contributed by atoms with Crippen molar-refractivity contribution in [3.63, 3.8) is 0 Å². The molecule has 0 bridgehead atoms. The SMILES string of the molecule is Cc1nc(CN(C)c2nc(Cl)ncc2C)cs1. The molecule has 90 valence electrons. The molecule has 2 aromatic rings. The first-order chi connectivity index (χ1) is 8.06. The van der Waals surface area contributed by atoms with E-state index in [4.69, 9.17) is 11.6 Å². The summed E-state index contributed by atoms with van der Waals surface area (Å²) in [4.78, 5) is 14.6. The normalized spacial score (nSPS) is 10.6. The molecule has 0 aliphatic rings. The van der Waals surface area contributed by atoms with Crippen LogP contribution >= 0.6 is 22.9 Å². The summed E-state index contributed by atoms with van der Waals surface area (Å²) in [5.41, 5.74) is 2.05. The largest absolute Gasteiger partial charge is 0.353 e. The summed E-state index contributed by atoms with van der Waals surface area (Å²) < 4.78 is 0. The van der Waals surface area contributed by atoms with Crippen molar-refractivity contribution in [3.8, 4) is 0 Å². The monoisotopic (exact) mass is 268 g/mol. The van der Waals surface area contributed by atoms with E-state index in [1.165, 1.54) is 0 Å². The van der Waals surface area contributed by atoms with Gasteiger partial charge in [0.05, 0.1) is 17.2 Å². The highest BCUT2D eigenvalue weighted by Crippen LogP contribution is 2.19. The van der Waals surface area contributed by atoms with Crippen LogP contribution in [0.25, 0.3) is 0 Å². The number of hydrogen-bond acceptors (Lipinski definition) is 5. The fourth-order valence-corrected chi connectivity index (χ4v) is 2.33. The lowest BCUT2D eigenvalue weighted by Gasteiger charge is -2.18. The minimum atomic E-state index is 0.270. The van der Waals surface area contributed by atoms with Crippen molar-refractivity contribution in [2.45, 2.75) is 20.4 Å². The van der Waals surface area contributed by atoms with Gasteiger partial charge in [0, 0.05) is 24.2 Å². The van der Waals surface area contributed by atoms with Crippen LogP contribution in [0.4, 0.5) is 5.82 Å². The molecule has 0 amide bonds. The highest BCUT2D eigenvalue weighted by atomic mass is 35.5. The summed E-state index contributed by atoms with van der Waals surface area (Å²) in [5.74, 6) is 0.843. The zero-order chi connectivity index (χ0) is 12.4. The van der Waals surface area contributed by atoms with Gasteiger partial charge in [-0.25, -0.2) is 15.0 Å². The molecule has 0 aliphatic carbocycles. The average Bonchev–Trinajstić information content (AvgIpc) is 2.67. The molecule has 6 heteroatoms. The molecule has 0 atom stereocenters. The highest BCUT2D eigenvalue weighted by Gasteiger charge is 2.10. The van der Waals surface area contributed by atoms with E-state index in [0.29, 0.717) is 0 Å². The molecule has 0 aromatic carbocycles. The van der Waals surface area contributed by atoms with Gasteiger partial charge >= 0.3 is 0 Å². The first kappa shape index (κ1) is 12.3. The zero-order valence-corrected chi connectivity index (χ0v) is 11.5. The van der Waals surface area contributed by atoms with E-state index in [9.17, 15) is 0 Å². The molecule has 0 N–H and O–H groups in total. The van der Waals surface area contributed by atoms with Crippen LogP contribution in [-0.4, -0.2) is 22.0 Å². The van der Waals surface area contributed by atoms with Crippen molar-refractivity contribution in [2.75, 3.05) is 11.9 Å². The molecule has 0 spiro atoms. The van der Waals surface area contributed by atoms with Crippen LogP contribution in [-0.2, 0) is 6.54 Å². The number of halogens is 1. The Morgan fingerprint density at radius 3 is 2.76 bits per heavy atom. The van der Waals surface area contributed by atoms with Crippen LogP contribution < -0.4 is 4.90 Å². The maximum absolute atomic E-state index is 5.81. The molecule has 17 heavy (non-hydrogen) atoms. The van der Waals surface area contributed by atoms with Crippen LogP contribution in [0.15, 0.2) is 11.6 Å². The maximum Gasteiger partial charge on any atom is 0.224 e. The predicted molar refractivity (Wildman–Crippen MR) is 70.7 cm³/mol. The summed E-state index contributed by atoms with van der Waals surface area (Å²) in [7, 11) is 1.97. The number of hydrogen-bond donors (Lipinski definition) is 0. The third-order valence-corrected chi connectivity index (χ3v) is 3.35. The van der Waals surface area contributed by atoms with Crippen LogP contribution in [0.2, 0.25) is 5.28 Å². The number of thiazole rings is 1. The molecule has 4 nitrogen and oxygen atoms in total. The lowest BCUT2D eigenvalue weighted by Crippen LogP contribution is -2.19. The van der Waals surface area contributed by atoms with Crippen LogP contribution in [0.1, 0.15) is 16.3 Å². The van der Waals surface area contributed by atoms with E-state index in [1.54, 1.807) is 17.5 Å². The summed E-state index contributed by atoms with van der Waals surface area (Å²) in [6.07, 6.45) is 1.73. The smallest absolute Gasteiger partial charge is 0.224 e. The Labute approximate surface area is 109 Å². The van der Waals surface area contributed by atoms with Gasteiger partial charge in [0.1, 0.15) is 5.82 Å². The standard InChI is InChI=1S/C11H13ClN4S/c1-7-4-13-11(12)15-10(7)16(3)5-9-6-17-8(2)14-9/h4,6H,5H2,1-3H3. The second-order valence-corrected chi connectivity index (χ2v) is 5.26. The topological polar surface area (TPSA) is 41.9 Å². The highest BCUT2D eigenvalue weighted by molar-refractivity contribution is 7.09. The summed E-state index contributed by atoms with van der Waals surface area (Å²) >= 11 is 7.46.